The number of carbonyl (C=O) groups excluding carboxylic acids is 1. The third-order valence-corrected chi connectivity index (χ3v) is 2.26. The Labute approximate surface area is 95.3 Å². The lowest BCUT2D eigenvalue weighted by molar-refractivity contribution is -0.114. The van der Waals surface area contributed by atoms with Crippen LogP contribution in [0.1, 0.15) is 18.8 Å². The molecule has 0 aliphatic carbocycles. The van der Waals surface area contributed by atoms with E-state index in [2.05, 4.69) is 5.32 Å². The second kappa shape index (κ2) is 4.68. The molecule has 0 bridgehead atoms. The third-order valence-electron chi connectivity index (χ3n) is 2.26. The van der Waals surface area contributed by atoms with E-state index in [1.54, 1.807) is 18.2 Å². The molecule has 1 aromatic rings. The van der Waals surface area contributed by atoms with E-state index >= 15 is 0 Å². The SMILES string of the molecule is [B]c1ccc(NC(C)=O)c(C2OCCO2)c1. The standard InChI is InChI=1S/C11H12BNO3/c1-7(14)13-10-3-2-8(12)6-9(10)11-15-4-5-16-11/h2-3,6,11H,4-5H2,1H3,(H,13,14). The lowest BCUT2D eigenvalue weighted by Gasteiger charge is -2.15. The minimum absolute atomic E-state index is 0.135. The van der Waals surface area contributed by atoms with E-state index in [4.69, 9.17) is 17.3 Å². The van der Waals surface area contributed by atoms with Crippen molar-refractivity contribution in [3.05, 3.63) is 23.8 Å². The number of rotatable bonds is 2. The molecule has 5 heteroatoms. The van der Waals surface area contributed by atoms with Crippen molar-refractivity contribution in [2.45, 2.75) is 13.2 Å². The smallest absolute Gasteiger partial charge is 0.221 e. The van der Waals surface area contributed by atoms with Crippen LogP contribution in [0.4, 0.5) is 5.69 Å². The Kier molecular flexibility index (Phi) is 3.26. The molecule has 0 spiro atoms. The van der Waals surface area contributed by atoms with Crippen LogP contribution in [0.15, 0.2) is 18.2 Å². The first kappa shape index (κ1) is 11.2. The number of ether oxygens (including phenoxy) is 2. The Morgan fingerprint density at radius 2 is 2.12 bits per heavy atom. The molecule has 0 atom stereocenters. The van der Waals surface area contributed by atoms with Crippen LogP contribution in [-0.2, 0) is 14.3 Å². The first-order valence-electron chi connectivity index (χ1n) is 5.07. The van der Waals surface area contributed by atoms with Gasteiger partial charge >= 0.3 is 0 Å². The van der Waals surface area contributed by atoms with Crippen LogP contribution in [-0.4, -0.2) is 27.0 Å². The van der Waals surface area contributed by atoms with Crippen molar-refractivity contribution in [2.24, 2.45) is 0 Å². The van der Waals surface area contributed by atoms with Crippen LogP contribution >= 0.6 is 0 Å². The van der Waals surface area contributed by atoms with Crippen molar-refractivity contribution >= 4 is 24.9 Å². The maximum absolute atomic E-state index is 11.0. The van der Waals surface area contributed by atoms with E-state index in [0.717, 1.165) is 5.56 Å². The van der Waals surface area contributed by atoms with Gasteiger partial charge in [0.15, 0.2) is 6.29 Å². The number of nitrogens with one attached hydrogen (secondary N) is 1. The van der Waals surface area contributed by atoms with Gasteiger partial charge in [0.05, 0.1) is 13.2 Å². The summed E-state index contributed by atoms with van der Waals surface area (Å²) in [6, 6.07) is 5.22. The minimum atomic E-state index is -0.439. The summed E-state index contributed by atoms with van der Waals surface area (Å²) in [5, 5.41) is 2.72. The van der Waals surface area contributed by atoms with Gasteiger partial charge in [-0.25, -0.2) is 0 Å². The molecule has 1 amide bonds. The fourth-order valence-electron chi connectivity index (χ4n) is 1.62. The van der Waals surface area contributed by atoms with Gasteiger partial charge in [-0.2, -0.15) is 0 Å². The summed E-state index contributed by atoms with van der Waals surface area (Å²) in [6.45, 7) is 2.56. The number of hydrogen-bond donors (Lipinski definition) is 1. The van der Waals surface area contributed by atoms with Crippen LogP contribution in [0.3, 0.4) is 0 Å². The van der Waals surface area contributed by atoms with Crippen molar-refractivity contribution in [3.8, 4) is 0 Å². The van der Waals surface area contributed by atoms with E-state index in [0.29, 0.717) is 24.4 Å². The van der Waals surface area contributed by atoms with Crippen molar-refractivity contribution < 1.29 is 14.3 Å². The van der Waals surface area contributed by atoms with Gasteiger partial charge in [-0.15, -0.1) is 0 Å². The Balaban J connectivity index is 2.31. The third kappa shape index (κ3) is 2.43. The van der Waals surface area contributed by atoms with Crippen LogP contribution in [0.25, 0.3) is 0 Å². The molecule has 1 fully saturated rings. The lowest BCUT2D eigenvalue weighted by Crippen LogP contribution is -2.14. The summed E-state index contributed by atoms with van der Waals surface area (Å²) in [7, 11) is 5.70. The number of benzene rings is 1. The fourth-order valence-corrected chi connectivity index (χ4v) is 1.62. The second-order valence-corrected chi connectivity index (χ2v) is 3.60. The number of anilines is 1. The molecule has 0 aromatic heterocycles. The Bertz CT molecular complexity index is 402. The summed E-state index contributed by atoms with van der Waals surface area (Å²) in [6.07, 6.45) is -0.439. The predicted molar refractivity (Wildman–Crippen MR) is 60.8 cm³/mol. The van der Waals surface area contributed by atoms with Crippen LogP contribution in [0, 0.1) is 0 Å². The minimum Gasteiger partial charge on any atom is -0.346 e. The fraction of sp³-hybridized carbons (Fsp3) is 0.364. The highest BCUT2D eigenvalue weighted by molar-refractivity contribution is 6.32. The zero-order valence-corrected chi connectivity index (χ0v) is 9.03. The first-order valence-corrected chi connectivity index (χ1v) is 5.07. The molecular formula is C11H12BNO3. The maximum Gasteiger partial charge on any atom is 0.221 e. The van der Waals surface area contributed by atoms with E-state index < -0.39 is 6.29 Å². The van der Waals surface area contributed by atoms with Gasteiger partial charge in [0.1, 0.15) is 7.85 Å². The number of carbonyl (C=O) groups is 1. The zero-order chi connectivity index (χ0) is 11.5. The van der Waals surface area contributed by atoms with Crippen LogP contribution in [0.5, 0.6) is 0 Å². The van der Waals surface area contributed by atoms with Gasteiger partial charge in [-0.05, 0) is 6.07 Å². The molecular weight excluding hydrogens is 205 g/mol. The van der Waals surface area contributed by atoms with Crippen LogP contribution < -0.4 is 10.8 Å². The van der Waals surface area contributed by atoms with Gasteiger partial charge in [-0.3, -0.25) is 4.79 Å². The summed E-state index contributed by atoms with van der Waals surface area (Å²) < 4.78 is 10.8. The molecule has 4 nitrogen and oxygen atoms in total. The van der Waals surface area contributed by atoms with Crippen molar-refractivity contribution in [2.75, 3.05) is 18.5 Å². The largest absolute Gasteiger partial charge is 0.346 e. The quantitative estimate of drug-likeness (QED) is 0.733. The highest BCUT2D eigenvalue weighted by Gasteiger charge is 2.21. The normalized spacial score (nSPS) is 16.3. The molecule has 1 heterocycles. The van der Waals surface area contributed by atoms with Crippen molar-refractivity contribution in [1.82, 2.24) is 0 Å². The average Bonchev–Trinajstić information content (AvgIpc) is 2.73. The van der Waals surface area contributed by atoms with Gasteiger partial charge in [0, 0.05) is 18.2 Å². The summed E-state index contributed by atoms with van der Waals surface area (Å²) in [4.78, 5) is 11.0. The molecule has 1 N–H and O–H groups in total. The molecule has 82 valence electrons. The predicted octanol–water partition coefficient (Wildman–Crippen LogP) is 0.484. The monoisotopic (exact) mass is 217 g/mol. The van der Waals surface area contributed by atoms with Crippen LogP contribution in [0.2, 0.25) is 0 Å². The molecule has 2 rings (SSSR count). The second-order valence-electron chi connectivity index (χ2n) is 3.60. The van der Waals surface area contributed by atoms with Crippen molar-refractivity contribution in [3.63, 3.8) is 0 Å². The van der Waals surface area contributed by atoms with E-state index in [9.17, 15) is 4.79 Å². The highest BCUT2D eigenvalue weighted by atomic mass is 16.7. The molecule has 1 saturated heterocycles. The van der Waals surface area contributed by atoms with Gasteiger partial charge < -0.3 is 14.8 Å². The molecule has 1 aliphatic rings. The maximum atomic E-state index is 11.0. The molecule has 1 aliphatic heterocycles. The average molecular weight is 217 g/mol. The zero-order valence-electron chi connectivity index (χ0n) is 9.03. The van der Waals surface area contributed by atoms with Gasteiger partial charge in [-0.1, -0.05) is 17.6 Å². The topological polar surface area (TPSA) is 47.6 Å². The van der Waals surface area contributed by atoms with Crippen molar-refractivity contribution in [1.29, 1.82) is 0 Å². The van der Waals surface area contributed by atoms with E-state index in [1.165, 1.54) is 6.92 Å². The molecule has 16 heavy (non-hydrogen) atoms. The lowest BCUT2D eigenvalue weighted by atomic mass is 9.93. The van der Waals surface area contributed by atoms with Gasteiger partial charge in [0.2, 0.25) is 5.91 Å². The molecule has 2 radical (unpaired) electrons. The summed E-state index contributed by atoms with van der Waals surface area (Å²) in [5.41, 5.74) is 2.05. The van der Waals surface area contributed by atoms with Gasteiger partial charge in [0.25, 0.3) is 0 Å². The number of amides is 1. The molecule has 1 aromatic carbocycles. The Morgan fingerprint density at radius 1 is 1.44 bits per heavy atom. The van der Waals surface area contributed by atoms with E-state index in [1.807, 2.05) is 0 Å². The number of hydrogen-bond acceptors (Lipinski definition) is 3. The molecule has 0 unspecified atom stereocenters. The highest BCUT2D eigenvalue weighted by Crippen LogP contribution is 2.28. The first-order chi connectivity index (χ1) is 7.66. The van der Waals surface area contributed by atoms with E-state index in [-0.39, 0.29) is 5.91 Å². The summed E-state index contributed by atoms with van der Waals surface area (Å²) >= 11 is 0. The Morgan fingerprint density at radius 3 is 2.75 bits per heavy atom. The molecule has 0 saturated carbocycles. The Hall–Kier alpha value is -1.33. The summed E-state index contributed by atoms with van der Waals surface area (Å²) in [5.74, 6) is -0.135.